The summed E-state index contributed by atoms with van der Waals surface area (Å²) in [6.07, 6.45) is 1.05. The summed E-state index contributed by atoms with van der Waals surface area (Å²) in [5.74, 6) is 0. The molecule has 0 N–H and O–H groups in total. The van der Waals surface area contributed by atoms with Gasteiger partial charge in [-0.25, -0.2) is 0 Å². The minimum Gasteiger partial charge on any atom is -0.0622 e. The highest BCUT2D eigenvalue weighted by atomic mass is 14.1. The van der Waals surface area contributed by atoms with Crippen LogP contribution in [0.4, 0.5) is 0 Å². The third-order valence-corrected chi connectivity index (χ3v) is 5.65. The molecule has 5 aromatic carbocycles. The predicted octanol–water partition coefficient (Wildman–Crippen LogP) is 7.89. The van der Waals surface area contributed by atoms with E-state index < -0.39 is 0 Å². The first-order chi connectivity index (χ1) is 13.8. The van der Waals surface area contributed by atoms with E-state index in [0.717, 1.165) is 6.42 Å². The molecule has 0 aliphatic carbocycles. The third-order valence-electron chi connectivity index (χ3n) is 5.65. The van der Waals surface area contributed by atoms with Crippen LogP contribution in [0.3, 0.4) is 0 Å². The largest absolute Gasteiger partial charge is 0.0622 e. The molecule has 5 rings (SSSR count). The van der Waals surface area contributed by atoms with Crippen molar-refractivity contribution >= 4 is 21.5 Å². The lowest BCUT2D eigenvalue weighted by molar-refractivity contribution is 1.14. The van der Waals surface area contributed by atoms with Gasteiger partial charge < -0.3 is 0 Å². The summed E-state index contributed by atoms with van der Waals surface area (Å²) in [6, 6.07) is 37.5. The van der Waals surface area contributed by atoms with E-state index in [2.05, 4.69) is 110 Å². The van der Waals surface area contributed by atoms with Crippen LogP contribution < -0.4 is 0 Å². The Hall–Kier alpha value is -3.38. The second-order valence-corrected chi connectivity index (χ2v) is 7.31. The van der Waals surface area contributed by atoms with E-state index in [0.29, 0.717) is 0 Å². The molecule has 0 bridgehead atoms. The number of benzene rings is 5. The molecule has 0 nitrogen and oxygen atoms in total. The molecule has 0 aliphatic heterocycles. The molecule has 0 saturated heterocycles. The Kier molecular flexibility index (Phi) is 4.18. The average molecular weight is 358 g/mol. The Morgan fingerprint density at radius 3 is 2.07 bits per heavy atom. The fourth-order valence-electron chi connectivity index (χ4n) is 4.15. The predicted molar refractivity (Wildman–Crippen MR) is 122 cm³/mol. The van der Waals surface area contributed by atoms with Crippen molar-refractivity contribution in [1.82, 2.24) is 0 Å². The van der Waals surface area contributed by atoms with Gasteiger partial charge in [0.25, 0.3) is 0 Å². The van der Waals surface area contributed by atoms with Gasteiger partial charge >= 0.3 is 0 Å². The van der Waals surface area contributed by atoms with Crippen molar-refractivity contribution < 1.29 is 0 Å². The summed E-state index contributed by atoms with van der Waals surface area (Å²) in [5.41, 5.74) is 6.55. The highest BCUT2D eigenvalue weighted by Gasteiger charge is 2.07. The van der Waals surface area contributed by atoms with Gasteiger partial charge in [-0.15, -0.1) is 0 Å². The molecular formula is C28H22. The lowest BCUT2D eigenvalue weighted by Crippen LogP contribution is -1.88. The molecule has 0 spiro atoms. The maximum atomic E-state index is 2.36. The van der Waals surface area contributed by atoms with Crippen molar-refractivity contribution in [3.05, 3.63) is 109 Å². The highest BCUT2D eigenvalue weighted by Crippen LogP contribution is 2.33. The van der Waals surface area contributed by atoms with E-state index >= 15 is 0 Å². The first-order valence-corrected chi connectivity index (χ1v) is 9.94. The molecule has 28 heavy (non-hydrogen) atoms. The van der Waals surface area contributed by atoms with Gasteiger partial charge in [0, 0.05) is 0 Å². The monoisotopic (exact) mass is 358 g/mol. The van der Waals surface area contributed by atoms with Crippen molar-refractivity contribution in [3.63, 3.8) is 0 Å². The summed E-state index contributed by atoms with van der Waals surface area (Å²) in [7, 11) is 0. The molecule has 0 saturated carbocycles. The maximum Gasteiger partial charge on any atom is -0.00992 e. The average Bonchev–Trinajstić information content (AvgIpc) is 2.78. The van der Waals surface area contributed by atoms with E-state index in [1.807, 2.05) is 0 Å². The van der Waals surface area contributed by atoms with Gasteiger partial charge in [0.15, 0.2) is 0 Å². The summed E-state index contributed by atoms with van der Waals surface area (Å²) < 4.78 is 0. The second kappa shape index (κ2) is 6.98. The van der Waals surface area contributed by atoms with Gasteiger partial charge in [0.05, 0.1) is 0 Å². The van der Waals surface area contributed by atoms with Crippen LogP contribution in [0.5, 0.6) is 0 Å². The Morgan fingerprint density at radius 2 is 1.21 bits per heavy atom. The van der Waals surface area contributed by atoms with Crippen LogP contribution in [0.25, 0.3) is 43.8 Å². The van der Waals surface area contributed by atoms with Gasteiger partial charge in [-0.2, -0.15) is 0 Å². The third kappa shape index (κ3) is 2.88. The van der Waals surface area contributed by atoms with Crippen molar-refractivity contribution in [2.45, 2.75) is 13.3 Å². The number of aryl methyl sites for hydroxylation is 1. The van der Waals surface area contributed by atoms with Crippen molar-refractivity contribution in [3.8, 4) is 22.3 Å². The van der Waals surface area contributed by atoms with Crippen LogP contribution in [0.1, 0.15) is 12.5 Å². The first-order valence-electron chi connectivity index (χ1n) is 9.94. The zero-order chi connectivity index (χ0) is 18.9. The van der Waals surface area contributed by atoms with E-state index in [1.165, 1.54) is 49.4 Å². The normalized spacial score (nSPS) is 11.2. The van der Waals surface area contributed by atoms with Gasteiger partial charge in [-0.3, -0.25) is 0 Å². The molecule has 134 valence electrons. The van der Waals surface area contributed by atoms with Crippen LogP contribution in [-0.2, 0) is 6.42 Å². The Bertz CT molecular complexity index is 1280. The first kappa shape index (κ1) is 16.8. The molecule has 0 fully saturated rings. The highest BCUT2D eigenvalue weighted by molar-refractivity contribution is 6.09. The molecule has 0 unspecified atom stereocenters. The summed E-state index contributed by atoms with van der Waals surface area (Å²) in [4.78, 5) is 0. The van der Waals surface area contributed by atoms with Crippen LogP contribution >= 0.6 is 0 Å². The molecular weight excluding hydrogens is 336 g/mol. The minimum atomic E-state index is 1.05. The Labute approximate surface area is 166 Å². The Morgan fingerprint density at radius 1 is 0.500 bits per heavy atom. The molecule has 5 aromatic rings. The van der Waals surface area contributed by atoms with Crippen LogP contribution in [0, 0.1) is 0 Å². The zero-order valence-corrected chi connectivity index (χ0v) is 16.0. The van der Waals surface area contributed by atoms with Crippen molar-refractivity contribution in [2.24, 2.45) is 0 Å². The van der Waals surface area contributed by atoms with Crippen LogP contribution in [0.2, 0.25) is 0 Å². The second-order valence-electron chi connectivity index (χ2n) is 7.31. The molecule has 0 heteroatoms. The molecule has 0 heterocycles. The van der Waals surface area contributed by atoms with Gasteiger partial charge in [0.1, 0.15) is 0 Å². The van der Waals surface area contributed by atoms with E-state index in [4.69, 9.17) is 0 Å². The van der Waals surface area contributed by atoms with Gasteiger partial charge in [0.2, 0.25) is 0 Å². The smallest absolute Gasteiger partial charge is 0.00992 e. The number of fused-ring (bicyclic) bond motifs is 3. The molecule has 0 amide bonds. The quantitative estimate of drug-likeness (QED) is 0.288. The summed E-state index contributed by atoms with van der Waals surface area (Å²) >= 11 is 0. The molecule has 0 radical (unpaired) electrons. The van der Waals surface area contributed by atoms with E-state index in [1.54, 1.807) is 0 Å². The fourth-order valence-corrected chi connectivity index (χ4v) is 4.15. The lowest BCUT2D eigenvalue weighted by atomic mass is 9.93. The van der Waals surface area contributed by atoms with E-state index in [-0.39, 0.29) is 0 Å². The minimum absolute atomic E-state index is 1.05. The topological polar surface area (TPSA) is 0 Å². The number of hydrogen-bond donors (Lipinski definition) is 0. The van der Waals surface area contributed by atoms with E-state index in [9.17, 15) is 0 Å². The summed E-state index contributed by atoms with van der Waals surface area (Å²) in [6.45, 7) is 2.22. The van der Waals surface area contributed by atoms with Crippen molar-refractivity contribution in [2.75, 3.05) is 0 Å². The SMILES string of the molecule is CCc1ccccc1-c1ccc2ccc3cc(-c4ccccc4)ccc3c2c1. The molecule has 0 aromatic heterocycles. The van der Waals surface area contributed by atoms with Gasteiger partial charge in [-0.1, -0.05) is 97.9 Å². The van der Waals surface area contributed by atoms with Crippen LogP contribution in [0.15, 0.2) is 103 Å². The number of rotatable bonds is 3. The van der Waals surface area contributed by atoms with Gasteiger partial charge in [-0.05, 0) is 67.9 Å². The maximum absolute atomic E-state index is 2.36. The summed E-state index contributed by atoms with van der Waals surface area (Å²) in [5, 5.41) is 5.21. The molecule has 0 aliphatic rings. The Balaban J connectivity index is 1.70. The lowest BCUT2D eigenvalue weighted by Gasteiger charge is -2.11. The van der Waals surface area contributed by atoms with Crippen molar-refractivity contribution in [1.29, 1.82) is 0 Å². The molecule has 0 atom stereocenters. The van der Waals surface area contributed by atoms with Crippen LogP contribution in [-0.4, -0.2) is 0 Å². The fraction of sp³-hybridized carbons (Fsp3) is 0.0714. The number of hydrogen-bond acceptors (Lipinski definition) is 0. The zero-order valence-electron chi connectivity index (χ0n) is 16.0. The standard InChI is InChI=1S/C28H22/c1-2-20-8-6-7-11-26(20)25-15-13-22-12-14-24-18-23(21-9-4-3-5-10-21)16-17-27(24)28(22)19-25/h3-19H,2H2,1H3.